The topological polar surface area (TPSA) is 141 Å². The number of ether oxygens (including phenoxy) is 2. The Morgan fingerprint density at radius 3 is 2.40 bits per heavy atom. The van der Waals surface area contributed by atoms with Crippen molar-refractivity contribution in [1.82, 2.24) is 20.2 Å². The smallest absolute Gasteiger partial charge is 0.408 e. The summed E-state index contributed by atoms with van der Waals surface area (Å²) in [6.45, 7) is 10.0. The van der Waals surface area contributed by atoms with E-state index in [0.29, 0.717) is 18.4 Å². The lowest BCUT2D eigenvalue weighted by molar-refractivity contribution is -0.145. The van der Waals surface area contributed by atoms with Crippen LogP contribution >= 0.6 is 0 Å². The first-order chi connectivity index (χ1) is 21.2. The van der Waals surface area contributed by atoms with Gasteiger partial charge < -0.3 is 30.0 Å². The number of alkyl carbamates (subject to hydrolysis) is 1. The Labute approximate surface area is 263 Å². The van der Waals surface area contributed by atoms with Gasteiger partial charge in [-0.3, -0.25) is 9.59 Å². The van der Waals surface area contributed by atoms with Crippen LogP contribution in [0.25, 0.3) is 0 Å². The number of esters is 1. The Bertz CT molecular complexity index is 1410. The van der Waals surface area contributed by atoms with E-state index in [0.717, 1.165) is 19.3 Å². The Hall–Kier alpha value is -4.48. The molecular weight excluding hydrogens is 581 g/mol. The van der Waals surface area contributed by atoms with Crippen molar-refractivity contribution in [2.75, 3.05) is 11.9 Å². The van der Waals surface area contributed by atoms with Crippen LogP contribution in [0.4, 0.5) is 15.0 Å². The number of nitrogens with zero attached hydrogens (tertiary/aromatic N) is 2. The van der Waals surface area contributed by atoms with Gasteiger partial charge in [0.05, 0.1) is 12.9 Å². The van der Waals surface area contributed by atoms with Crippen LogP contribution in [0.3, 0.4) is 0 Å². The molecule has 1 aromatic heterocycles. The normalized spacial score (nSPS) is 14.5. The third kappa shape index (κ3) is 10.9. The number of imidazole rings is 1. The minimum atomic E-state index is -1.39. The molecule has 244 valence electrons. The number of rotatable bonds is 13. The maximum Gasteiger partial charge on any atom is 0.408 e. The number of amides is 3. The predicted octanol–water partition coefficient (Wildman–Crippen LogP) is 5.35. The number of anilines is 1. The van der Waals surface area contributed by atoms with E-state index in [-0.39, 0.29) is 12.4 Å². The van der Waals surface area contributed by atoms with Crippen LogP contribution in [0, 0.1) is 5.82 Å². The molecule has 2 atom stereocenters. The molecule has 2 unspecified atom stereocenters. The molecule has 0 saturated heterocycles. The Balaban J connectivity index is 1.77. The molecule has 0 radical (unpaired) electrons. The van der Waals surface area contributed by atoms with E-state index in [1.54, 1.807) is 27.7 Å². The number of carbonyl (C=O) groups is 4. The molecule has 0 saturated carbocycles. The molecule has 1 aliphatic rings. The first-order valence-electron chi connectivity index (χ1n) is 15.1. The number of hydrogen-bond donors (Lipinski definition) is 3. The summed E-state index contributed by atoms with van der Waals surface area (Å²) < 4.78 is 25.6. The van der Waals surface area contributed by atoms with E-state index in [1.165, 1.54) is 60.8 Å². The summed E-state index contributed by atoms with van der Waals surface area (Å²) in [6.07, 6.45) is 12.0. The molecule has 11 nitrogen and oxygen atoms in total. The summed E-state index contributed by atoms with van der Waals surface area (Å²) in [5, 5.41) is 8.07. The van der Waals surface area contributed by atoms with Gasteiger partial charge in [0.15, 0.2) is 11.9 Å². The van der Waals surface area contributed by atoms with Crippen molar-refractivity contribution in [2.45, 2.75) is 96.9 Å². The van der Waals surface area contributed by atoms with Crippen molar-refractivity contribution < 1.29 is 33.0 Å². The Morgan fingerprint density at radius 2 is 1.78 bits per heavy atom. The fourth-order valence-electron chi connectivity index (χ4n) is 4.64. The Morgan fingerprint density at radius 1 is 1.07 bits per heavy atom. The highest BCUT2D eigenvalue weighted by atomic mass is 19.1. The zero-order valence-electron chi connectivity index (χ0n) is 26.8. The monoisotopic (exact) mass is 625 g/mol. The minimum absolute atomic E-state index is 0.139. The van der Waals surface area contributed by atoms with Gasteiger partial charge in [-0.25, -0.2) is 19.0 Å². The second-order valence-corrected chi connectivity index (χ2v) is 12.3. The predicted molar refractivity (Wildman–Crippen MR) is 168 cm³/mol. The van der Waals surface area contributed by atoms with Crippen LogP contribution in [-0.2, 0) is 23.9 Å². The van der Waals surface area contributed by atoms with Crippen LogP contribution in [0.5, 0.6) is 0 Å². The summed E-state index contributed by atoms with van der Waals surface area (Å²) in [5.74, 6) is -1.98. The van der Waals surface area contributed by atoms with E-state index >= 15 is 0 Å². The maximum atomic E-state index is 13.6. The molecular formula is C33H44FN5O6. The van der Waals surface area contributed by atoms with Gasteiger partial charge in [-0.1, -0.05) is 35.9 Å². The van der Waals surface area contributed by atoms with Crippen LogP contribution in [0.2, 0.25) is 0 Å². The van der Waals surface area contributed by atoms with E-state index in [9.17, 15) is 23.6 Å². The van der Waals surface area contributed by atoms with E-state index < -0.39 is 52.9 Å². The highest BCUT2D eigenvalue weighted by Crippen LogP contribution is 2.23. The van der Waals surface area contributed by atoms with E-state index in [4.69, 9.17) is 9.47 Å². The van der Waals surface area contributed by atoms with Crippen molar-refractivity contribution in [3.8, 4) is 0 Å². The molecule has 1 aliphatic carbocycles. The van der Waals surface area contributed by atoms with Crippen LogP contribution in [-0.4, -0.2) is 57.2 Å². The maximum absolute atomic E-state index is 13.6. The molecule has 1 heterocycles. The van der Waals surface area contributed by atoms with Gasteiger partial charge in [0.2, 0.25) is 11.8 Å². The standard InChI is InChI=1S/C33H44FN5O6/c1-7-44-29(41)27(23-16-18-24(34)19-17-23)39-20-26(35-21-39)37-28(40)25(15-11-14-22-12-9-8-10-13-22)36-30(42)33(5,6)38-31(43)45-32(2,3)4/h9,12-13,16-21,25,27H,7-8,10-11,14-15H2,1-6H3,(H,36,42)(H,37,40)(H,38,43). The number of benzene rings is 1. The van der Waals surface area contributed by atoms with Crippen LogP contribution < -0.4 is 16.0 Å². The molecule has 2 aromatic rings. The largest absolute Gasteiger partial charge is 0.464 e. The second-order valence-electron chi connectivity index (χ2n) is 12.3. The fraction of sp³-hybridized carbons (Fsp3) is 0.485. The third-order valence-electron chi connectivity index (χ3n) is 6.88. The molecule has 45 heavy (non-hydrogen) atoms. The van der Waals surface area contributed by atoms with Gasteiger partial charge in [0.25, 0.3) is 0 Å². The van der Waals surface area contributed by atoms with Crippen molar-refractivity contribution in [1.29, 1.82) is 0 Å². The number of carbonyl (C=O) groups excluding carboxylic acids is 4. The van der Waals surface area contributed by atoms with Crippen molar-refractivity contribution in [3.63, 3.8) is 0 Å². The van der Waals surface area contributed by atoms with Crippen molar-refractivity contribution in [3.05, 3.63) is 72.0 Å². The first-order valence-corrected chi connectivity index (χ1v) is 15.1. The molecule has 1 aromatic carbocycles. The summed E-state index contributed by atoms with van der Waals surface area (Å²) in [6, 6.07) is 3.51. The molecule has 3 rings (SSSR count). The number of aromatic nitrogens is 2. The average Bonchev–Trinajstić information content (AvgIpc) is 3.40. The summed E-state index contributed by atoms with van der Waals surface area (Å²) in [7, 11) is 0. The lowest BCUT2D eigenvalue weighted by Crippen LogP contribution is -2.58. The van der Waals surface area contributed by atoms with Gasteiger partial charge >= 0.3 is 12.1 Å². The van der Waals surface area contributed by atoms with Gasteiger partial charge in [0, 0.05) is 6.20 Å². The number of allylic oxidation sites excluding steroid dienone is 4. The number of hydrogen-bond acceptors (Lipinski definition) is 7. The SMILES string of the molecule is CCOC(=O)C(c1ccc(F)cc1)n1cnc(NC(=O)C(CCCC2=CCCC=C2)NC(=O)C(C)(C)NC(=O)OC(C)(C)C)c1. The fourth-order valence-corrected chi connectivity index (χ4v) is 4.64. The Kier molecular flexibility index (Phi) is 12.1. The highest BCUT2D eigenvalue weighted by Gasteiger charge is 2.34. The van der Waals surface area contributed by atoms with Crippen LogP contribution in [0.1, 0.15) is 85.3 Å². The summed E-state index contributed by atoms with van der Waals surface area (Å²) in [5.41, 5.74) is -0.503. The zero-order valence-corrected chi connectivity index (χ0v) is 26.8. The molecule has 0 bridgehead atoms. The lowest BCUT2D eigenvalue weighted by Gasteiger charge is -2.29. The zero-order chi connectivity index (χ0) is 33.2. The van der Waals surface area contributed by atoms with Crippen LogP contribution in [0.15, 0.2) is 60.6 Å². The molecule has 3 N–H and O–H groups in total. The second kappa shape index (κ2) is 15.5. The summed E-state index contributed by atoms with van der Waals surface area (Å²) in [4.78, 5) is 56.3. The molecule has 0 fully saturated rings. The quantitative estimate of drug-likeness (QED) is 0.255. The molecule has 12 heteroatoms. The average molecular weight is 626 g/mol. The van der Waals surface area contributed by atoms with Gasteiger partial charge in [0.1, 0.15) is 23.0 Å². The van der Waals surface area contributed by atoms with Crippen molar-refractivity contribution in [2.24, 2.45) is 0 Å². The van der Waals surface area contributed by atoms with Gasteiger partial charge in [-0.2, -0.15) is 0 Å². The lowest BCUT2D eigenvalue weighted by atomic mass is 9.98. The van der Waals surface area contributed by atoms with Gasteiger partial charge in [-0.05, 0) is 91.3 Å². The third-order valence-corrected chi connectivity index (χ3v) is 6.88. The first kappa shape index (κ1) is 35.0. The number of nitrogens with one attached hydrogen (secondary N) is 3. The van der Waals surface area contributed by atoms with E-state index in [2.05, 4.69) is 39.2 Å². The number of halogens is 1. The molecule has 0 aliphatic heterocycles. The van der Waals surface area contributed by atoms with Gasteiger partial charge in [-0.15, -0.1) is 0 Å². The summed E-state index contributed by atoms with van der Waals surface area (Å²) >= 11 is 0. The highest BCUT2D eigenvalue weighted by molar-refractivity contribution is 5.98. The minimum Gasteiger partial charge on any atom is -0.464 e. The van der Waals surface area contributed by atoms with Crippen molar-refractivity contribution >= 4 is 29.7 Å². The molecule has 3 amide bonds. The van der Waals surface area contributed by atoms with E-state index in [1.807, 2.05) is 0 Å². The molecule has 0 spiro atoms.